The summed E-state index contributed by atoms with van der Waals surface area (Å²) >= 11 is 0. The molecular formula is C14H18N2O5. The zero-order valence-electron chi connectivity index (χ0n) is 11.8. The lowest BCUT2D eigenvalue weighted by molar-refractivity contribution is -0.384. The number of anilines is 1. The van der Waals surface area contributed by atoms with Gasteiger partial charge in [0.25, 0.3) is 5.69 Å². The van der Waals surface area contributed by atoms with Crippen LogP contribution in [0.5, 0.6) is 0 Å². The van der Waals surface area contributed by atoms with E-state index in [0.717, 1.165) is 19.4 Å². The van der Waals surface area contributed by atoms with Crippen LogP contribution in [0.15, 0.2) is 18.2 Å². The summed E-state index contributed by atoms with van der Waals surface area (Å²) in [5.74, 6) is -0.911. The van der Waals surface area contributed by atoms with Crippen LogP contribution >= 0.6 is 0 Å². The Morgan fingerprint density at radius 3 is 2.90 bits per heavy atom. The molecule has 1 N–H and O–H groups in total. The van der Waals surface area contributed by atoms with E-state index in [4.69, 9.17) is 4.74 Å². The maximum absolute atomic E-state index is 11.3. The van der Waals surface area contributed by atoms with E-state index in [2.05, 4.69) is 0 Å². The summed E-state index contributed by atoms with van der Waals surface area (Å²) in [6, 6.07) is 4.11. The van der Waals surface area contributed by atoms with Gasteiger partial charge in [-0.1, -0.05) is 6.07 Å². The summed E-state index contributed by atoms with van der Waals surface area (Å²) in [6.07, 6.45) is 1.94. The second-order valence-corrected chi connectivity index (χ2v) is 5.20. The van der Waals surface area contributed by atoms with Crippen LogP contribution in [0.4, 0.5) is 11.4 Å². The van der Waals surface area contributed by atoms with Crippen LogP contribution < -0.4 is 4.90 Å². The van der Waals surface area contributed by atoms with E-state index in [1.807, 2.05) is 0 Å². The van der Waals surface area contributed by atoms with E-state index in [1.54, 1.807) is 11.9 Å². The molecule has 1 aliphatic rings. The van der Waals surface area contributed by atoms with Crippen molar-refractivity contribution in [3.05, 3.63) is 33.9 Å². The summed E-state index contributed by atoms with van der Waals surface area (Å²) < 4.78 is 5.40. The Balaban J connectivity index is 2.30. The first-order chi connectivity index (χ1) is 10.0. The van der Waals surface area contributed by atoms with Crippen LogP contribution in [0.2, 0.25) is 0 Å². The number of carboxylic acids is 1. The van der Waals surface area contributed by atoms with Crippen LogP contribution in [0.3, 0.4) is 0 Å². The lowest BCUT2D eigenvalue weighted by Crippen LogP contribution is -2.32. The molecule has 1 unspecified atom stereocenters. The highest BCUT2D eigenvalue weighted by molar-refractivity contribution is 5.97. The molecule has 0 radical (unpaired) electrons. The second-order valence-electron chi connectivity index (χ2n) is 5.20. The number of nitrogens with zero attached hydrogens (tertiary/aromatic N) is 2. The van der Waals surface area contributed by atoms with Gasteiger partial charge >= 0.3 is 5.97 Å². The van der Waals surface area contributed by atoms with Crippen molar-refractivity contribution in [2.24, 2.45) is 5.92 Å². The molecule has 1 saturated heterocycles. The number of nitro groups is 1. The predicted octanol–water partition coefficient (Wildman–Crippen LogP) is 2.16. The normalized spacial score (nSPS) is 18.2. The lowest BCUT2D eigenvalue weighted by atomic mass is 10.0. The van der Waals surface area contributed by atoms with Gasteiger partial charge in [-0.3, -0.25) is 10.1 Å². The molecule has 7 heteroatoms. The van der Waals surface area contributed by atoms with Crippen LogP contribution in [0, 0.1) is 16.0 Å². The van der Waals surface area contributed by atoms with Crippen molar-refractivity contribution in [3.63, 3.8) is 0 Å². The first kappa shape index (κ1) is 15.2. The minimum absolute atomic E-state index is 0.0524. The number of nitro benzene ring substituents is 1. The Labute approximate surface area is 122 Å². The van der Waals surface area contributed by atoms with Crippen molar-refractivity contribution >= 4 is 17.3 Å². The SMILES string of the molecule is CN(CC1CCCOC1)c1c(C(=O)O)cccc1[N+](=O)[O-]. The van der Waals surface area contributed by atoms with Gasteiger partial charge in [0, 0.05) is 26.3 Å². The van der Waals surface area contributed by atoms with E-state index < -0.39 is 10.9 Å². The third-order valence-corrected chi connectivity index (χ3v) is 3.61. The highest BCUT2D eigenvalue weighted by atomic mass is 16.6. The number of aromatic carboxylic acids is 1. The second kappa shape index (κ2) is 6.53. The molecule has 0 spiro atoms. The fourth-order valence-corrected chi connectivity index (χ4v) is 2.68. The summed E-state index contributed by atoms with van der Waals surface area (Å²) in [7, 11) is 1.68. The lowest BCUT2D eigenvalue weighted by Gasteiger charge is -2.28. The van der Waals surface area contributed by atoms with Crippen molar-refractivity contribution < 1.29 is 19.6 Å². The van der Waals surface area contributed by atoms with Gasteiger partial charge in [-0.05, 0) is 24.8 Å². The van der Waals surface area contributed by atoms with Gasteiger partial charge in [-0.15, -0.1) is 0 Å². The van der Waals surface area contributed by atoms with E-state index >= 15 is 0 Å². The average Bonchev–Trinajstić information content (AvgIpc) is 2.47. The number of carboxylic acid groups (broad SMARTS) is 1. The number of rotatable bonds is 5. The Kier molecular flexibility index (Phi) is 4.74. The monoisotopic (exact) mass is 294 g/mol. The third kappa shape index (κ3) is 3.49. The van der Waals surface area contributed by atoms with Crippen molar-refractivity contribution in [2.75, 3.05) is 31.7 Å². The molecule has 2 rings (SSSR count). The molecule has 0 amide bonds. The highest BCUT2D eigenvalue weighted by Gasteiger charge is 2.26. The van der Waals surface area contributed by atoms with Crippen molar-refractivity contribution in [3.8, 4) is 0 Å². The molecule has 21 heavy (non-hydrogen) atoms. The third-order valence-electron chi connectivity index (χ3n) is 3.61. The van der Waals surface area contributed by atoms with E-state index in [-0.39, 0.29) is 22.9 Å². The summed E-state index contributed by atoms with van der Waals surface area (Å²) in [6.45, 7) is 1.88. The molecule has 114 valence electrons. The molecule has 0 aliphatic carbocycles. The van der Waals surface area contributed by atoms with Crippen LogP contribution in [0.1, 0.15) is 23.2 Å². The summed E-state index contributed by atoms with van der Waals surface area (Å²) in [5.41, 5.74) is -0.0851. The van der Waals surface area contributed by atoms with Gasteiger partial charge in [0.05, 0.1) is 17.1 Å². The molecule has 1 aromatic carbocycles. The zero-order chi connectivity index (χ0) is 15.4. The topological polar surface area (TPSA) is 92.9 Å². The van der Waals surface area contributed by atoms with E-state index in [1.165, 1.54) is 18.2 Å². The van der Waals surface area contributed by atoms with Gasteiger partial charge in [0.1, 0.15) is 5.69 Å². The molecule has 0 aromatic heterocycles. The minimum atomic E-state index is -1.17. The Hall–Kier alpha value is -2.15. The molecule has 1 atom stereocenters. The fourth-order valence-electron chi connectivity index (χ4n) is 2.68. The molecule has 1 fully saturated rings. The van der Waals surface area contributed by atoms with Crippen LogP contribution in [-0.4, -0.2) is 42.8 Å². The quantitative estimate of drug-likeness (QED) is 0.660. The van der Waals surface area contributed by atoms with Gasteiger partial charge in [0.2, 0.25) is 0 Å². The fraction of sp³-hybridized carbons (Fsp3) is 0.500. The first-order valence-electron chi connectivity index (χ1n) is 6.80. The number of hydrogen-bond acceptors (Lipinski definition) is 5. The Morgan fingerprint density at radius 2 is 2.33 bits per heavy atom. The number of ether oxygens (including phenoxy) is 1. The molecule has 7 nitrogen and oxygen atoms in total. The molecular weight excluding hydrogens is 276 g/mol. The largest absolute Gasteiger partial charge is 0.478 e. The van der Waals surface area contributed by atoms with Gasteiger partial charge in [-0.2, -0.15) is 0 Å². The van der Waals surface area contributed by atoms with E-state index in [9.17, 15) is 20.0 Å². The molecule has 0 bridgehead atoms. The minimum Gasteiger partial charge on any atom is -0.478 e. The Bertz CT molecular complexity index is 508. The molecule has 1 heterocycles. The van der Waals surface area contributed by atoms with E-state index in [0.29, 0.717) is 13.2 Å². The molecule has 0 saturated carbocycles. The van der Waals surface area contributed by atoms with Crippen molar-refractivity contribution in [1.82, 2.24) is 0 Å². The Morgan fingerprint density at radius 1 is 1.57 bits per heavy atom. The van der Waals surface area contributed by atoms with Gasteiger partial charge in [0.15, 0.2) is 0 Å². The first-order valence-corrected chi connectivity index (χ1v) is 6.80. The average molecular weight is 294 g/mol. The summed E-state index contributed by atoms with van der Waals surface area (Å²) in [4.78, 5) is 23.6. The van der Waals surface area contributed by atoms with Crippen molar-refractivity contribution in [2.45, 2.75) is 12.8 Å². The van der Waals surface area contributed by atoms with Crippen LogP contribution in [-0.2, 0) is 4.74 Å². The van der Waals surface area contributed by atoms with Crippen LogP contribution in [0.25, 0.3) is 0 Å². The van der Waals surface area contributed by atoms with Crippen molar-refractivity contribution in [1.29, 1.82) is 0 Å². The number of para-hydroxylation sites is 1. The summed E-state index contributed by atoms with van der Waals surface area (Å²) in [5, 5.41) is 20.4. The predicted molar refractivity (Wildman–Crippen MR) is 76.9 cm³/mol. The van der Waals surface area contributed by atoms with Gasteiger partial charge in [-0.25, -0.2) is 4.79 Å². The number of hydrogen-bond donors (Lipinski definition) is 1. The molecule has 1 aromatic rings. The number of benzene rings is 1. The zero-order valence-corrected chi connectivity index (χ0v) is 11.8. The van der Waals surface area contributed by atoms with Gasteiger partial charge < -0.3 is 14.7 Å². The molecule has 1 aliphatic heterocycles. The maximum Gasteiger partial charge on any atom is 0.338 e. The highest BCUT2D eigenvalue weighted by Crippen LogP contribution is 2.32. The maximum atomic E-state index is 11.3. The number of carbonyl (C=O) groups is 1. The smallest absolute Gasteiger partial charge is 0.338 e. The standard InChI is InChI=1S/C14H18N2O5/c1-15(8-10-4-3-7-21-9-10)13-11(14(17)18)5-2-6-12(13)16(19)20/h2,5-6,10H,3-4,7-9H2,1H3,(H,17,18).